The Morgan fingerprint density at radius 1 is 0.714 bits per heavy atom. The number of unbranched alkanes of at least 4 members (excludes halogenated alkanes) is 6. The van der Waals surface area contributed by atoms with Crippen LogP contribution in [-0.4, -0.2) is 50.8 Å². The average molecular weight is 621 g/mol. The normalized spacial score (nSPS) is 9.07. The van der Waals surface area contributed by atoms with Crippen LogP contribution in [0.4, 0.5) is 0 Å². The standard InChI is InChI=1S/C14H25NO4.2C2H3O2.Th/c1-2-3-4-5-6-7-8-9-15-12(10-13(16)17)11-14(18)19;2*1-2(3)4;/h15H,1-11H2,(H,16,17)(H,18,19);2*1H2,(H,3,4);/q-2;2*-1;+4. The summed E-state index contributed by atoms with van der Waals surface area (Å²) in [4.78, 5) is 38.9. The molecule has 0 radical (unpaired) electrons. The zero-order valence-electron chi connectivity index (χ0n) is 16.1. The summed E-state index contributed by atoms with van der Waals surface area (Å²) in [6, 6.07) is 0.372. The molecule has 0 fully saturated rings. The van der Waals surface area contributed by atoms with E-state index >= 15 is 0 Å². The van der Waals surface area contributed by atoms with Gasteiger partial charge in [0.05, 0.1) is 0 Å². The summed E-state index contributed by atoms with van der Waals surface area (Å²) in [5, 5.41) is 34.9. The fourth-order valence-electron chi connectivity index (χ4n) is 1.83. The Labute approximate surface area is 199 Å². The Morgan fingerprint density at radius 2 is 1.04 bits per heavy atom. The van der Waals surface area contributed by atoms with E-state index in [1.807, 2.05) is 0 Å². The molecule has 0 unspecified atom stereocenters. The molecule has 28 heavy (non-hydrogen) atoms. The van der Waals surface area contributed by atoms with Gasteiger partial charge in [0.25, 0.3) is 11.9 Å². The average Bonchev–Trinajstić information content (AvgIpc) is 2.47. The summed E-state index contributed by atoms with van der Waals surface area (Å²) in [6.07, 6.45) is 7.31. The van der Waals surface area contributed by atoms with E-state index in [1.54, 1.807) is 0 Å². The zero-order chi connectivity index (χ0) is 21.7. The number of carbonyl (C=O) groups is 4. The molecule has 0 spiro atoms. The topological polar surface area (TPSA) is 161 Å². The molecule has 0 rings (SSSR count). The first-order valence-electron chi connectivity index (χ1n) is 8.44. The van der Waals surface area contributed by atoms with Crippen molar-refractivity contribution < 1.29 is 79.5 Å². The van der Waals surface area contributed by atoms with E-state index in [0.29, 0.717) is 12.6 Å². The van der Waals surface area contributed by atoms with Gasteiger partial charge in [0.15, 0.2) is 11.9 Å². The van der Waals surface area contributed by atoms with E-state index in [1.165, 1.54) is 19.3 Å². The van der Waals surface area contributed by atoms with Crippen LogP contribution in [0, 0.1) is 66.8 Å². The van der Waals surface area contributed by atoms with Crippen molar-refractivity contribution in [3.05, 3.63) is 26.8 Å². The number of rotatable bonds is 13. The number of carboxylic acids is 4. The number of hydrogen-bond donors (Lipinski definition) is 5. The summed E-state index contributed by atoms with van der Waals surface area (Å²) in [5.74, 6) is -4.17. The maximum absolute atomic E-state index is 10.6. The Hall–Kier alpha value is -1.10. The van der Waals surface area contributed by atoms with Gasteiger partial charge in [-0.2, -0.15) is 6.42 Å². The maximum Gasteiger partial charge on any atom is 4.00 e. The fourth-order valence-corrected chi connectivity index (χ4v) is 1.83. The van der Waals surface area contributed by atoms with E-state index in [0.717, 1.165) is 25.7 Å². The molecule has 0 aliphatic carbocycles. The molecule has 5 N–H and O–H groups in total. The van der Waals surface area contributed by atoms with Crippen LogP contribution >= 0.6 is 0 Å². The Kier molecular flexibility index (Phi) is 31.8. The van der Waals surface area contributed by atoms with Gasteiger partial charge in [-0.05, 0) is 13.0 Å². The molecule has 0 aromatic heterocycles. The van der Waals surface area contributed by atoms with E-state index in [4.69, 9.17) is 30.0 Å². The second-order valence-electron chi connectivity index (χ2n) is 5.43. The summed E-state index contributed by atoms with van der Waals surface area (Å²) in [7, 11) is 0. The van der Waals surface area contributed by atoms with Crippen molar-refractivity contribution in [1.29, 1.82) is 0 Å². The van der Waals surface area contributed by atoms with Gasteiger partial charge in [0, 0.05) is 0 Å². The van der Waals surface area contributed by atoms with Crippen molar-refractivity contribution in [1.82, 2.24) is 5.32 Å². The van der Waals surface area contributed by atoms with Crippen LogP contribution < -0.4 is 5.32 Å². The minimum atomic E-state index is -1.08. The predicted molar refractivity (Wildman–Crippen MR) is 99.4 cm³/mol. The first-order chi connectivity index (χ1) is 12.5. The molecule has 9 nitrogen and oxygen atoms in total. The molecule has 0 saturated heterocycles. The maximum atomic E-state index is 10.6. The second kappa shape index (κ2) is 25.9. The van der Waals surface area contributed by atoms with Crippen LogP contribution in [0.25, 0.3) is 0 Å². The minimum Gasteiger partial charge on any atom is -0.503 e. The molecular weight excluding hydrogens is 590 g/mol. The van der Waals surface area contributed by atoms with Crippen LogP contribution in [0.2, 0.25) is 0 Å². The second-order valence-corrected chi connectivity index (χ2v) is 5.43. The first kappa shape index (κ1) is 34.4. The van der Waals surface area contributed by atoms with Gasteiger partial charge in [-0.15, -0.1) is 0 Å². The number of hydrogen-bond acceptors (Lipinski definition) is 5. The summed E-state index contributed by atoms with van der Waals surface area (Å²) in [6.45, 7) is 9.55. The zero-order valence-corrected chi connectivity index (χ0v) is 20.2. The van der Waals surface area contributed by atoms with Crippen LogP contribution in [0.1, 0.15) is 57.8 Å². The third-order valence-electron chi connectivity index (χ3n) is 2.78. The third kappa shape index (κ3) is 49.8. The molecular formula is C18H31NO8Th. The van der Waals surface area contributed by atoms with Gasteiger partial charge in [-0.25, -0.2) is 6.04 Å². The Bertz CT molecular complexity index is 382. The van der Waals surface area contributed by atoms with Crippen LogP contribution in [0.5, 0.6) is 0 Å². The van der Waals surface area contributed by atoms with Gasteiger partial charge >= 0.3 is 39.9 Å². The minimum absolute atomic E-state index is 0. The molecule has 0 atom stereocenters. The SMILES string of the molecule is [CH2-]C(=O)O.[CH2-]C(=O)O.[CH2-]CCCCCCCCN[C-](CC(=O)O)CC(=O)O.[Th+4]. The molecule has 0 aliphatic rings. The van der Waals surface area contributed by atoms with Gasteiger partial charge in [-0.1, -0.05) is 44.9 Å². The molecule has 160 valence electrons. The monoisotopic (exact) mass is 621 g/mol. The molecule has 0 saturated carbocycles. The summed E-state index contributed by atoms with van der Waals surface area (Å²) in [5.41, 5.74) is 0. The van der Waals surface area contributed by atoms with Crippen molar-refractivity contribution in [2.24, 2.45) is 0 Å². The van der Waals surface area contributed by atoms with Crippen molar-refractivity contribution in [3.63, 3.8) is 0 Å². The van der Waals surface area contributed by atoms with Gasteiger partial charge in [-0.3, -0.25) is 33.0 Å². The third-order valence-corrected chi connectivity index (χ3v) is 2.78. The molecule has 0 amide bonds. The molecule has 0 heterocycles. The molecule has 0 bridgehead atoms. The fraction of sp³-hybridized carbons (Fsp3) is 0.556. The number of carboxylic acid groups (broad SMARTS) is 4. The van der Waals surface area contributed by atoms with Crippen molar-refractivity contribution in [3.8, 4) is 0 Å². The van der Waals surface area contributed by atoms with E-state index in [9.17, 15) is 9.59 Å². The van der Waals surface area contributed by atoms with Gasteiger partial charge in [0.2, 0.25) is 0 Å². The van der Waals surface area contributed by atoms with Crippen LogP contribution in [0.15, 0.2) is 0 Å². The molecule has 0 aromatic carbocycles. The van der Waals surface area contributed by atoms with Crippen molar-refractivity contribution in [2.45, 2.75) is 57.8 Å². The molecule has 0 aliphatic heterocycles. The summed E-state index contributed by atoms with van der Waals surface area (Å²) >= 11 is 0. The first-order valence-corrected chi connectivity index (χ1v) is 8.44. The predicted octanol–water partition coefficient (Wildman–Crippen LogP) is 2.43. The van der Waals surface area contributed by atoms with E-state index in [2.05, 4.69) is 26.1 Å². The van der Waals surface area contributed by atoms with Crippen LogP contribution in [-0.2, 0) is 19.2 Å². The van der Waals surface area contributed by atoms with Gasteiger partial charge < -0.3 is 32.7 Å². The van der Waals surface area contributed by atoms with E-state index < -0.39 is 23.9 Å². The number of nitrogens with one attached hydrogen (secondary N) is 1. The molecule has 10 heteroatoms. The number of aliphatic carboxylic acids is 4. The Balaban J connectivity index is -0.000000270. The quantitative estimate of drug-likeness (QED) is 0.154. The largest absolute Gasteiger partial charge is 4.00 e. The smallest absolute Gasteiger partial charge is 0.503 e. The van der Waals surface area contributed by atoms with Crippen molar-refractivity contribution >= 4 is 23.9 Å². The van der Waals surface area contributed by atoms with Gasteiger partial charge in [0.1, 0.15) is 0 Å². The molecule has 0 aromatic rings. The van der Waals surface area contributed by atoms with Crippen molar-refractivity contribution in [2.75, 3.05) is 6.54 Å². The summed E-state index contributed by atoms with van der Waals surface area (Å²) < 4.78 is 0. The van der Waals surface area contributed by atoms with E-state index in [-0.39, 0.29) is 52.8 Å². The Morgan fingerprint density at radius 3 is 1.36 bits per heavy atom. The van der Waals surface area contributed by atoms with Crippen LogP contribution in [0.3, 0.4) is 0 Å².